The van der Waals surface area contributed by atoms with Crippen LogP contribution in [-0.2, 0) is 6.42 Å². The van der Waals surface area contributed by atoms with Gasteiger partial charge in [0.1, 0.15) is 11.5 Å². The lowest BCUT2D eigenvalue weighted by Crippen LogP contribution is -2.11. The van der Waals surface area contributed by atoms with Crippen LogP contribution in [0.1, 0.15) is 11.1 Å². The summed E-state index contributed by atoms with van der Waals surface area (Å²) in [6.07, 6.45) is 0.855. The lowest BCUT2D eigenvalue weighted by Gasteiger charge is -2.10. The Morgan fingerprint density at radius 2 is 2.14 bits per heavy atom. The molecule has 3 heteroatoms. The molecule has 0 spiro atoms. The van der Waals surface area contributed by atoms with Gasteiger partial charge in [0.15, 0.2) is 0 Å². The quantitative estimate of drug-likeness (QED) is 0.764. The van der Waals surface area contributed by atoms with Crippen molar-refractivity contribution in [3.63, 3.8) is 0 Å². The number of nitrogens with one attached hydrogen (secondary N) is 1. The first-order valence-corrected chi connectivity index (χ1v) is 4.70. The first-order valence-electron chi connectivity index (χ1n) is 4.70. The van der Waals surface area contributed by atoms with Gasteiger partial charge in [-0.2, -0.15) is 0 Å². The van der Waals surface area contributed by atoms with Crippen LogP contribution in [0.15, 0.2) is 12.1 Å². The summed E-state index contributed by atoms with van der Waals surface area (Å²) < 4.78 is 5.24. The minimum atomic E-state index is 0.330. The second kappa shape index (κ2) is 4.86. The molecule has 0 saturated carbocycles. The monoisotopic (exact) mass is 195 g/mol. The third kappa shape index (κ3) is 2.39. The van der Waals surface area contributed by atoms with Crippen LogP contribution in [-0.4, -0.2) is 25.8 Å². The Kier molecular flexibility index (Phi) is 3.77. The number of hydrogen-bond donors (Lipinski definition) is 2. The molecular formula is C11H17NO2. The Bertz CT molecular complexity index is 310. The summed E-state index contributed by atoms with van der Waals surface area (Å²) in [5.74, 6) is 1.17. The number of aromatic hydroxyl groups is 1. The van der Waals surface area contributed by atoms with E-state index in [9.17, 15) is 5.11 Å². The predicted molar refractivity (Wildman–Crippen MR) is 57.0 cm³/mol. The molecule has 0 amide bonds. The molecule has 0 atom stereocenters. The lowest BCUT2D eigenvalue weighted by atomic mass is 10.1. The van der Waals surface area contributed by atoms with Crippen LogP contribution in [0.3, 0.4) is 0 Å². The Morgan fingerprint density at radius 3 is 2.71 bits per heavy atom. The number of aryl methyl sites for hydroxylation is 1. The third-order valence-corrected chi connectivity index (χ3v) is 2.24. The van der Waals surface area contributed by atoms with E-state index in [0.29, 0.717) is 5.75 Å². The zero-order chi connectivity index (χ0) is 10.6. The molecule has 1 aromatic rings. The first-order chi connectivity index (χ1) is 6.69. The average molecular weight is 195 g/mol. The molecule has 0 bridgehead atoms. The van der Waals surface area contributed by atoms with Gasteiger partial charge in [-0.3, -0.25) is 0 Å². The fraction of sp³-hybridized carbons (Fsp3) is 0.455. The molecule has 14 heavy (non-hydrogen) atoms. The molecule has 0 heterocycles. The highest BCUT2D eigenvalue weighted by Gasteiger charge is 2.06. The van der Waals surface area contributed by atoms with E-state index in [1.165, 1.54) is 0 Å². The highest BCUT2D eigenvalue weighted by Crippen LogP contribution is 2.27. The molecule has 2 N–H and O–H groups in total. The number of methoxy groups -OCH3 is 1. The zero-order valence-corrected chi connectivity index (χ0v) is 8.92. The van der Waals surface area contributed by atoms with E-state index in [2.05, 4.69) is 5.32 Å². The number of ether oxygens (including phenoxy) is 1. The second-order valence-electron chi connectivity index (χ2n) is 3.30. The van der Waals surface area contributed by atoms with Crippen molar-refractivity contribution in [2.24, 2.45) is 0 Å². The summed E-state index contributed by atoms with van der Waals surface area (Å²) in [5.41, 5.74) is 1.88. The number of hydrogen-bond acceptors (Lipinski definition) is 3. The van der Waals surface area contributed by atoms with E-state index < -0.39 is 0 Å². The van der Waals surface area contributed by atoms with Crippen molar-refractivity contribution in [3.8, 4) is 11.5 Å². The molecule has 0 aliphatic rings. The van der Waals surface area contributed by atoms with Gasteiger partial charge < -0.3 is 15.2 Å². The zero-order valence-electron chi connectivity index (χ0n) is 8.92. The highest BCUT2D eigenvalue weighted by atomic mass is 16.5. The van der Waals surface area contributed by atoms with E-state index >= 15 is 0 Å². The second-order valence-corrected chi connectivity index (χ2v) is 3.30. The normalized spacial score (nSPS) is 10.2. The van der Waals surface area contributed by atoms with Crippen molar-refractivity contribution in [1.29, 1.82) is 0 Å². The van der Waals surface area contributed by atoms with Crippen LogP contribution >= 0.6 is 0 Å². The van der Waals surface area contributed by atoms with Crippen molar-refractivity contribution < 1.29 is 9.84 Å². The molecule has 0 aromatic heterocycles. The molecule has 0 aliphatic carbocycles. The SMILES string of the molecule is CNCCc1cc(O)c(C)cc1OC. The largest absolute Gasteiger partial charge is 0.508 e. The summed E-state index contributed by atoms with van der Waals surface area (Å²) in [4.78, 5) is 0. The van der Waals surface area contributed by atoms with Gasteiger partial charge in [0.05, 0.1) is 7.11 Å². The molecule has 0 saturated heterocycles. The lowest BCUT2D eigenvalue weighted by molar-refractivity contribution is 0.405. The van der Waals surface area contributed by atoms with E-state index in [4.69, 9.17) is 4.74 Å². The summed E-state index contributed by atoms with van der Waals surface area (Å²) in [5, 5.41) is 12.6. The molecule has 3 nitrogen and oxygen atoms in total. The van der Waals surface area contributed by atoms with Crippen LogP contribution in [0.4, 0.5) is 0 Å². The van der Waals surface area contributed by atoms with E-state index in [1.807, 2.05) is 20.0 Å². The fourth-order valence-electron chi connectivity index (χ4n) is 1.36. The maximum Gasteiger partial charge on any atom is 0.122 e. The Labute approximate surface area is 84.7 Å². The Hall–Kier alpha value is -1.22. The number of rotatable bonds is 4. The van der Waals surface area contributed by atoms with E-state index in [0.717, 1.165) is 29.8 Å². The van der Waals surface area contributed by atoms with Crippen LogP contribution in [0.25, 0.3) is 0 Å². The van der Waals surface area contributed by atoms with Gasteiger partial charge in [0.2, 0.25) is 0 Å². The summed E-state index contributed by atoms with van der Waals surface area (Å²) in [6, 6.07) is 3.63. The molecule has 78 valence electrons. The van der Waals surface area contributed by atoms with Gasteiger partial charge in [0, 0.05) is 0 Å². The number of benzene rings is 1. The molecule has 0 fully saturated rings. The van der Waals surface area contributed by atoms with Gasteiger partial charge in [-0.1, -0.05) is 0 Å². The van der Waals surface area contributed by atoms with Gasteiger partial charge in [-0.15, -0.1) is 0 Å². The summed E-state index contributed by atoms with van der Waals surface area (Å²) in [6.45, 7) is 2.73. The summed E-state index contributed by atoms with van der Waals surface area (Å²) >= 11 is 0. The maximum absolute atomic E-state index is 9.54. The maximum atomic E-state index is 9.54. The van der Waals surface area contributed by atoms with E-state index in [-0.39, 0.29) is 0 Å². The molecular weight excluding hydrogens is 178 g/mol. The van der Waals surface area contributed by atoms with Crippen molar-refractivity contribution >= 4 is 0 Å². The van der Waals surface area contributed by atoms with Crippen LogP contribution < -0.4 is 10.1 Å². The standard InChI is InChI=1S/C11H17NO2/c1-8-6-11(14-3)9(4-5-12-2)7-10(8)13/h6-7,12-13H,4-5H2,1-3H3. The molecule has 1 aromatic carbocycles. The number of phenolic OH excluding ortho intramolecular Hbond substituents is 1. The van der Waals surface area contributed by atoms with Crippen molar-refractivity contribution in [2.45, 2.75) is 13.3 Å². The fourth-order valence-corrected chi connectivity index (χ4v) is 1.36. The third-order valence-electron chi connectivity index (χ3n) is 2.24. The van der Waals surface area contributed by atoms with Gasteiger partial charge in [-0.05, 0) is 50.2 Å². The van der Waals surface area contributed by atoms with Crippen molar-refractivity contribution in [2.75, 3.05) is 20.7 Å². The molecule has 1 rings (SSSR count). The van der Waals surface area contributed by atoms with E-state index in [1.54, 1.807) is 13.2 Å². The van der Waals surface area contributed by atoms with Gasteiger partial charge >= 0.3 is 0 Å². The summed E-state index contributed by atoms with van der Waals surface area (Å²) in [7, 11) is 3.55. The number of likely N-dealkylation sites (N-methyl/N-ethyl adjacent to an activating group) is 1. The average Bonchev–Trinajstić information content (AvgIpc) is 2.19. The molecule has 0 unspecified atom stereocenters. The Balaban J connectivity index is 2.95. The van der Waals surface area contributed by atoms with Gasteiger partial charge in [0.25, 0.3) is 0 Å². The topological polar surface area (TPSA) is 41.5 Å². The highest BCUT2D eigenvalue weighted by molar-refractivity contribution is 5.45. The van der Waals surface area contributed by atoms with Crippen LogP contribution in [0, 0.1) is 6.92 Å². The van der Waals surface area contributed by atoms with Gasteiger partial charge in [-0.25, -0.2) is 0 Å². The minimum Gasteiger partial charge on any atom is -0.508 e. The first kappa shape index (κ1) is 10.9. The van der Waals surface area contributed by atoms with Crippen molar-refractivity contribution in [3.05, 3.63) is 23.3 Å². The van der Waals surface area contributed by atoms with Crippen molar-refractivity contribution in [1.82, 2.24) is 5.32 Å². The Morgan fingerprint density at radius 1 is 1.43 bits per heavy atom. The van der Waals surface area contributed by atoms with Crippen LogP contribution in [0.5, 0.6) is 11.5 Å². The number of phenols is 1. The smallest absolute Gasteiger partial charge is 0.122 e. The molecule has 0 radical (unpaired) electrons. The molecule has 0 aliphatic heterocycles. The minimum absolute atomic E-state index is 0.330. The predicted octanol–water partition coefficient (Wildman–Crippen LogP) is 1.47. The van der Waals surface area contributed by atoms with Crippen LogP contribution in [0.2, 0.25) is 0 Å².